The number of aromatic nitrogens is 2. The number of carboxylic acids is 1. The highest BCUT2D eigenvalue weighted by Crippen LogP contribution is 2.37. The number of pyridine rings is 1. The molecule has 2 heterocycles. The molecule has 0 radical (unpaired) electrons. The summed E-state index contributed by atoms with van der Waals surface area (Å²) >= 11 is 0. The van der Waals surface area contributed by atoms with E-state index in [1.807, 2.05) is 6.07 Å². The molecule has 0 bridgehead atoms. The number of hydrogen-bond donors (Lipinski definition) is 2. The summed E-state index contributed by atoms with van der Waals surface area (Å²) in [6, 6.07) is 3.51. The van der Waals surface area contributed by atoms with Crippen LogP contribution in [-0.4, -0.2) is 21.0 Å². The Balaban J connectivity index is 2.35. The van der Waals surface area contributed by atoms with Crippen LogP contribution in [0.5, 0.6) is 0 Å². The molecular formula is C8H4N2O2. The number of hydrogen-bond acceptors (Lipinski definition) is 2. The second-order valence-electron chi connectivity index (χ2n) is 2.81. The lowest BCUT2D eigenvalue weighted by molar-refractivity contribution is 0.0691. The molecule has 4 heteroatoms. The predicted octanol–water partition coefficient (Wildman–Crippen LogP) is 1.24. The van der Waals surface area contributed by atoms with Crippen molar-refractivity contribution in [3.05, 3.63) is 17.8 Å². The molecular weight excluding hydrogens is 156 g/mol. The first-order valence-corrected chi connectivity index (χ1v) is 3.53. The van der Waals surface area contributed by atoms with Crippen molar-refractivity contribution in [2.45, 2.75) is 0 Å². The molecule has 4 nitrogen and oxygen atoms in total. The van der Waals surface area contributed by atoms with E-state index >= 15 is 0 Å². The Morgan fingerprint density at radius 2 is 2.33 bits per heavy atom. The highest BCUT2D eigenvalue weighted by atomic mass is 16.4. The smallest absolute Gasteiger partial charge is 0.352 e. The molecule has 12 heavy (non-hydrogen) atoms. The van der Waals surface area contributed by atoms with Gasteiger partial charge in [0.15, 0.2) is 0 Å². The van der Waals surface area contributed by atoms with Crippen LogP contribution in [0.15, 0.2) is 12.1 Å². The number of aromatic amines is 1. The van der Waals surface area contributed by atoms with Crippen molar-refractivity contribution in [3.63, 3.8) is 0 Å². The second-order valence-corrected chi connectivity index (χ2v) is 2.81. The van der Waals surface area contributed by atoms with Gasteiger partial charge < -0.3 is 10.1 Å². The Hall–Kier alpha value is -1.84. The number of nitrogens with one attached hydrogen (secondary N) is 1. The van der Waals surface area contributed by atoms with Crippen LogP contribution in [0, 0.1) is 0 Å². The van der Waals surface area contributed by atoms with Crippen LogP contribution < -0.4 is 0 Å². The number of carbonyl (C=O) groups is 1. The Bertz CT molecular complexity index is 513. The molecule has 0 spiro atoms. The van der Waals surface area contributed by atoms with Crippen LogP contribution in [0.2, 0.25) is 0 Å². The van der Waals surface area contributed by atoms with Crippen LogP contribution in [0.1, 0.15) is 10.5 Å². The molecule has 1 aromatic rings. The lowest BCUT2D eigenvalue weighted by atomic mass is 10.3. The zero-order chi connectivity index (χ0) is 8.29. The molecule has 1 aliphatic carbocycles. The van der Waals surface area contributed by atoms with Gasteiger partial charge in [-0.2, -0.15) is 0 Å². The van der Waals surface area contributed by atoms with Crippen molar-refractivity contribution in [1.29, 1.82) is 0 Å². The van der Waals surface area contributed by atoms with Gasteiger partial charge in [-0.05, 0) is 12.1 Å². The molecule has 2 N–H and O–H groups in total. The van der Waals surface area contributed by atoms with Crippen molar-refractivity contribution in [2.24, 2.45) is 0 Å². The molecule has 0 atom stereocenters. The summed E-state index contributed by atoms with van der Waals surface area (Å²) in [6.45, 7) is 0. The largest absolute Gasteiger partial charge is 0.477 e. The standard InChI is InChI=1S/C8H4N2O2/c11-8(12)5-2-3-1-4-7(9-4)6(3)10-5/h1-2,10H,(H,11,12). The first-order valence-electron chi connectivity index (χ1n) is 3.53. The summed E-state index contributed by atoms with van der Waals surface area (Å²) in [5, 5.41) is 9.59. The summed E-state index contributed by atoms with van der Waals surface area (Å²) in [7, 11) is 0. The Morgan fingerprint density at radius 1 is 1.50 bits per heavy atom. The van der Waals surface area contributed by atoms with Crippen LogP contribution in [-0.2, 0) is 0 Å². The van der Waals surface area contributed by atoms with Crippen molar-refractivity contribution >= 4 is 16.9 Å². The van der Waals surface area contributed by atoms with Gasteiger partial charge in [0.05, 0.1) is 11.2 Å². The van der Waals surface area contributed by atoms with E-state index in [-0.39, 0.29) is 5.69 Å². The van der Waals surface area contributed by atoms with Crippen molar-refractivity contribution < 1.29 is 9.90 Å². The van der Waals surface area contributed by atoms with Crippen LogP contribution in [0.4, 0.5) is 0 Å². The zero-order valence-electron chi connectivity index (χ0n) is 5.96. The van der Waals surface area contributed by atoms with Gasteiger partial charge in [-0.1, -0.05) is 0 Å². The maximum Gasteiger partial charge on any atom is 0.352 e. The Kier molecular flexibility index (Phi) is 0.721. The fraction of sp³-hybridized carbons (Fsp3) is 0. The third kappa shape index (κ3) is 0.528. The lowest BCUT2D eigenvalue weighted by Gasteiger charge is -1.82. The number of aromatic carboxylic acids is 1. The summed E-state index contributed by atoms with van der Waals surface area (Å²) in [5.74, 6) is -0.930. The molecule has 0 saturated heterocycles. The van der Waals surface area contributed by atoms with E-state index in [0.717, 1.165) is 22.3 Å². The molecule has 0 unspecified atom stereocenters. The molecule has 1 aromatic heterocycles. The maximum atomic E-state index is 10.5. The molecule has 3 rings (SSSR count). The SMILES string of the molecule is O=C(O)c1cc2cc3nc-3c2[nH]1. The summed E-state index contributed by atoms with van der Waals surface area (Å²) in [6.07, 6.45) is 0. The second kappa shape index (κ2) is 1.50. The highest BCUT2D eigenvalue weighted by molar-refractivity contribution is 6.05. The minimum absolute atomic E-state index is 0.227. The third-order valence-electron chi connectivity index (χ3n) is 2.03. The van der Waals surface area contributed by atoms with Gasteiger partial charge in [-0.3, -0.25) is 0 Å². The molecule has 0 saturated carbocycles. The Morgan fingerprint density at radius 3 is 3.00 bits per heavy atom. The highest BCUT2D eigenvalue weighted by Gasteiger charge is 2.23. The van der Waals surface area contributed by atoms with Gasteiger partial charge in [-0.25, -0.2) is 9.78 Å². The van der Waals surface area contributed by atoms with E-state index in [2.05, 4.69) is 9.97 Å². The van der Waals surface area contributed by atoms with E-state index in [1.54, 1.807) is 6.07 Å². The van der Waals surface area contributed by atoms with Gasteiger partial charge in [0.25, 0.3) is 0 Å². The van der Waals surface area contributed by atoms with E-state index in [9.17, 15) is 4.79 Å². The Labute approximate surface area is 66.9 Å². The van der Waals surface area contributed by atoms with Gasteiger partial charge in [-0.15, -0.1) is 0 Å². The van der Waals surface area contributed by atoms with Crippen molar-refractivity contribution in [1.82, 2.24) is 9.97 Å². The van der Waals surface area contributed by atoms with Gasteiger partial charge in [0.2, 0.25) is 0 Å². The zero-order valence-corrected chi connectivity index (χ0v) is 5.96. The molecule has 0 fully saturated rings. The van der Waals surface area contributed by atoms with Gasteiger partial charge in [0.1, 0.15) is 11.4 Å². The fourth-order valence-electron chi connectivity index (χ4n) is 1.42. The van der Waals surface area contributed by atoms with Gasteiger partial charge in [0, 0.05) is 5.39 Å². The molecule has 0 aromatic carbocycles. The van der Waals surface area contributed by atoms with Crippen LogP contribution in [0.25, 0.3) is 22.3 Å². The first kappa shape index (κ1) is 5.77. The first-order chi connectivity index (χ1) is 5.75. The van der Waals surface area contributed by atoms with Crippen molar-refractivity contribution in [2.75, 3.05) is 0 Å². The topological polar surface area (TPSA) is 66.0 Å². The summed E-state index contributed by atoms with van der Waals surface area (Å²) < 4.78 is 0. The van der Waals surface area contributed by atoms with Crippen LogP contribution >= 0.6 is 0 Å². The number of fused-ring (bicyclic) bond motifs is 3. The maximum absolute atomic E-state index is 10.5. The normalized spacial score (nSPS) is 12.0. The molecule has 0 amide bonds. The number of H-pyrrole nitrogens is 1. The minimum atomic E-state index is -0.930. The van der Waals surface area contributed by atoms with E-state index in [1.165, 1.54) is 0 Å². The average Bonchev–Trinajstić information content (AvgIpc) is 2.54. The van der Waals surface area contributed by atoms with Crippen molar-refractivity contribution in [3.8, 4) is 11.4 Å². The summed E-state index contributed by atoms with van der Waals surface area (Å²) in [5.41, 5.74) is 2.97. The monoisotopic (exact) mass is 160 g/mol. The number of carboxylic acid groups (broad SMARTS) is 1. The van der Waals surface area contributed by atoms with E-state index in [0.29, 0.717) is 0 Å². The quantitative estimate of drug-likeness (QED) is 0.562. The fourth-order valence-corrected chi connectivity index (χ4v) is 1.42. The molecule has 2 aliphatic rings. The third-order valence-corrected chi connectivity index (χ3v) is 2.03. The molecule has 58 valence electrons. The minimum Gasteiger partial charge on any atom is -0.477 e. The lowest BCUT2D eigenvalue weighted by Crippen LogP contribution is -1.94. The average molecular weight is 160 g/mol. The van der Waals surface area contributed by atoms with Crippen LogP contribution in [0.3, 0.4) is 0 Å². The summed E-state index contributed by atoms with van der Waals surface area (Å²) in [4.78, 5) is 17.4. The van der Waals surface area contributed by atoms with E-state index in [4.69, 9.17) is 5.11 Å². The number of rotatable bonds is 1. The van der Waals surface area contributed by atoms with E-state index < -0.39 is 5.97 Å². The molecule has 1 aliphatic heterocycles. The predicted molar refractivity (Wildman–Crippen MR) is 42.0 cm³/mol. The number of nitrogens with zero attached hydrogens (tertiary/aromatic N) is 1. The van der Waals surface area contributed by atoms with Gasteiger partial charge >= 0.3 is 5.97 Å².